The Morgan fingerprint density at radius 2 is 1.81 bits per heavy atom. The standard InChI is InChI=1S/C17H28N2O2/c1-5-19(9-10-20)8-6-7-16(21)18-17-14(3)11-13(2)12-15(17)4/h11-12,20H,5-10H2,1-4H3,(H,18,21). The zero-order valence-electron chi connectivity index (χ0n) is 13.7. The molecule has 0 bridgehead atoms. The van der Waals surface area contributed by atoms with E-state index in [1.807, 2.05) is 13.8 Å². The summed E-state index contributed by atoms with van der Waals surface area (Å²) in [6.45, 7) is 10.8. The van der Waals surface area contributed by atoms with Crippen molar-refractivity contribution in [1.82, 2.24) is 4.90 Å². The van der Waals surface area contributed by atoms with Crippen LogP contribution in [0.25, 0.3) is 0 Å². The van der Waals surface area contributed by atoms with E-state index in [2.05, 4.69) is 36.2 Å². The van der Waals surface area contributed by atoms with Gasteiger partial charge in [0.15, 0.2) is 0 Å². The quantitative estimate of drug-likeness (QED) is 0.774. The van der Waals surface area contributed by atoms with E-state index in [1.165, 1.54) is 5.56 Å². The smallest absolute Gasteiger partial charge is 0.224 e. The lowest BCUT2D eigenvalue weighted by Crippen LogP contribution is -2.28. The van der Waals surface area contributed by atoms with Crippen LogP contribution in [0.1, 0.15) is 36.5 Å². The number of hydrogen-bond donors (Lipinski definition) is 2. The molecule has 0 saturated carbocycles. The molecule has 0 aliphatic carbocycles. The van der Waals surface area contributed by atoms with Gasteiger partial charge in [0.25, 0.3) is 0 Å². The molecule has 1 rings (SSSR count). The molecule has 1 aromatic carbocycles. The van der Waals surface area contributed by atoms with Crippen molar-refractivity contribution in [2.24, 2.45) is 0 Å². The number of hydrogen-bond acceptors (Lipinski definition) is 3. The summed E-state index contributed by atoms with van der Waals surface area (Å²) in [6, 6.07) is 4.17. The van der Waals surface area contributed by atoms with Crippen LogP contribution in [-0.2, 0) is 4.79 Å². The van der Waals surface area contributed by atoms with Crippen LogP contribution in [-0.4, -0.2) is 42.2 Å². The fraction of sp³-hybridized carbons (Fsp3) is 0.588. The van der Waals surface area contributed by atoms with Gasteiger partial charge in [0.05, 0.1) is 6.61 Å². The second-order valence-corrected chi connectivity index (χ2v) is 5.58. The molecule has 0 radical (unpaired) electrons. The van der Waals surface area contributed by atoms with Crippen LogP contribution in [0.2, 0.25) is 0 Å². The maximum Gasteiger partial charge on any atom is 0.224 e. The lowest BCUT2D eigenvalue weighted by atomic mass is 10.0. The lowest BCUT2D eigenvalue weighted by molar-refractivity contribution is -0.116. The maximum atomic E-state index is 12.1. The molecule has 0 fully saturated rings. The fourth-order valence-electron chi connectivity index (χ4n) is 2.61. The molecule has 0 saturated heterocycles. The van der Waals surface area contributed by atoms with Crippen molar-refractivity contribution in [3.8, 4) is 0 Å². The number of carbonyl (C=O) groups is 1. The van der Waals surface area contributed by atoms with Crippen molar-refractivity contribution in [2.45, 2.75) is 40.5 Å². The summed E-state index contributed by atoms with van der Waals surface area (Å²) in [7, 11) is 0. The van der Waals surface area contributed by atoms with Gasteiger partial charge in [-0.1, -0.05) is 24.6 Å². The van der Waals surface area contributed by atoms with Crippen LogP contribution >= 0.6 is 0 Å². The molecule has 0 aliphatic rings. The van der Waals surface area contributed by atoms with Gasteiger partial charge in [-0.05, 0) is 51.4 Å². The Kier molecular flexibility index (Phi) is 7.40. The van der Waals surface area contributed by atoms with Crippen molar-refractivity contribution in [3.63, 3.8) is 0 Å². The van der Waals surface area contributed by atoms with Crippen molar-refractivity contribution in [3.05, 3.63) is 28.8 Å². The number of carbonyl (C=O) groups excluding carboxylic acids is 1. The van der Waals surface area contributed by atoms with E-state index in [0.29, 0.717) is 13.0 Å². The molecule has 0 aliphatic heterocycles. The SMILES string of the molecule is CCN(CCO)CCCC(=O)Nc1c(C)cc(C)cc1C. The summed E-state index contributed by atoms with van der Waals surface area (Å²) in [4.78, 5) is 14.2. The largest absolute Gasteiger partial charge is 0.395 e. The second kappa shape index (κ2) is 8.80. The van der Waals surface area contributed by atoms with Crippen molar-refractivity contribution < 1.29 is 9.90 Å². The molecule has 4 heteroatoms. The third kappa shape index (κ3) is 5.86. The zero-order chi connectivity index (χ0) is 15.8. The van der Waals surface area contributed by atoms with Crippen molar-refractivity contribution >= 4 is 11.6 Å². The topological polar surface area (TPSA) is 52.6 Å². The molecular weight excluding hydrogens is 264 g/mol. The number of benzene rings is 1. The van der Waals surface area contributed by atoms with E-state index in [-0.39, 0.29) is 12.5 Å². The highest BCUT2D eigenvalue weighted by Gasteiger charge is 2.09. The van der Waals surface area contributed by atoms with Crippen molar-refractivity contribution in [1.29, 1.82) is 0 Å². The number of aliphatic hydroxyl groups is 1. The van der Waals surface area contributed by atoms with Crippen LogP contribution in [0.4, 0.5) is 5.69 Å². The predicted octanol–water partition coefficient (Wildman–Crippen LogP) is 2.64. The molecule has 1 aromatic rings. The van der Waals surface area contributed by atoms with E-state index in [1.54, 1.807) is 0 Å². The van der Waals surface area contributed by atoms with Crippen LogP contribution in [0.3, 0.4) is 0 Å². The molecule has 2 N–H and O–H groups in total. The van der Waals surface area contributed by atoms with Crippen LogP contribution < -0.4 is 5.32 Å². The summed E-state index contributed by atoms with van der Waals surface area (Å²) in [5.41, 5.74) is 4.37. The summed E-state index contributed by atoms with van der Waals surface area (Å²) in [6.07, 6.45) is 1.32. The first-order chi connectivity index (χ1) is 9.97. The van der Waals surface area contributed by atoms with E-state index < -0.39 is 0 Å². The highest BCUT2D eigenvalue weighted by Crippen LogP contribution is 2.22. The van der Waals surface area contributed by atoms with Gasteiger partial charge >= 0.3 is 0 Å². The van der Waals surface area contributed by atoms with E-state index in [0.717, 1.165) is 36.3 Å². The van der Waals surface area contributed by atoms with Crippen LogP contribution in [0, 0.1) is 20.8 Å². The first-order valence-corrected chi connectivity index (χ1v) is 7.68. The molecule has 1 amide bonds. The minimum atomic E-state index is 0.0603. The molecule has 0 aromatic heterocycles. The minimum Gasteiger partial charge on any atom is -0.395 e. The number of aryl methyl sites for hydroxylation is 3. The van der Waals surface area contributed by atoms with Gasteiger partial charge in [-0.2, -0.15) is 0 Å². The van der Waals surface area contributed by atoms with Gasteiger partial charge in [-0.25, -0.2) is 0 Å². The molecule has 21 heavy (non-hydrogen) atoms. The van der Waals surface area contributed by atoms with Crippen LogP contribution in [0.5, 0.6) is 0 Å². The maximum absolute atomic E-state index is 12.1. The Balaban J connectivity index is 2.48. The average molecular weight is 292 g/mol. The molecule has 0 unspecified atom stereocenters. The zero-order valence-corrected chi connectivity index (χ0v) is 13.7. The Morgan fingerprint density at radius 1 is 1.19 bits per heavy atom. The molecule has 0 heterocycles. The highest BCUT2D eigenvalue weighted by atomic mass is 16.3. The van der Waals surface area contributed by atoms with Gasteiger partial charge in [0.1, 0.15) is 0 Å². The molecule has 0 spiro atoms. The predicted molar refractivity (Wildman–Crippen MR) is 87.7 cm³/mol. The summed E-state index contributed by atoms with van der Waals surface area (Å²) >= 11 is 0. The normalized spacial score (nSPS) is 11.0. The monoisotopic (exact) mass is 292 g/mol. The molecular formula is C17H28N2O2. The molecule has 118 valence electrons. The number of rotatable bonds is 8. The number of likely N-dealkylation sites (N-methyl/N-ethyl adjacent to an activating group) is 1. The lowest BCUT2D eigenvalue weighted by Gasteiger charge is -2.19. The number of amides is 1. The second-order valence-electron chi connectivity index (χ2n) is 5.58. The first kappa shape index (κ1) is 17.7. The number of aliphatic hydroxyl groups excluding tert-OH is 1. The summed E-state index contributed by atoms with van der Waals surface area (Å²) in [5, 5.41) is 12.0. The average Bonchev–Trinajstić information content (AvgIpc) is 2.41. The number of nitrogens with one attached hydrogen (secondary N) is 1. The third-order valence-electron chi connectivity index (χ3n) is 3.68. The Bertz CT molecular complexity index is 449. The van der Waals surface area contributed by atoms with Gasteiger partial charge < -0.3 is 15.3 Å². The van der Waals surface area contributed by atoms with E-state index >= 15 is 0 Å². The minimum absolute atomic E-state index is 0.0603. The van der Waals surface area contributed by atoms with Gasteiger partial charge in [-0.15, -0.1) is 0 Å². The van der Waals surface area contributed by atoms with Gasteiger partial charge in [0, 0.05) is 18.7 Å². The van der Waals surface area contributed by atoms with Gasteiger partial charge in [-0.3, -0.25) is 4.79 Å². The Morgan fingerprint density at radius 3 is 2.33 bits per heavy atom. The molecule has 0 atom stereocenters. The number of nitrogens with zero attached hydrogens (tertiary/aromatic N) is 1. The van der Waals surface area contributed by atoms with Gasteiger partial charge in [0.2, 0.25) is 5.91 Å². The Hall–Kier alpha value is -1.39. The van der Waals surface area contributed by atoms with E-state index in [4.69, 9.17) is 5.11 Å². The number of anilines is 1. The fourth-order valence-corrected chi connectivity index (χ4v) is 2.61. The summed E-state index contributed by atoms with van der Waals surface area (Å²) in [5.74, 6) is 0.0603. The van der Waals surface area contributed by atoms with Crippen LogP contribution in [0.15, 0.2) is 12.1 Å². The van der Waals surface area contributed by atoms with Crippen molar-refractivity contribution in [2.75, 3.05) is 31.6 Å². The molecule has 4 nitrogen and oxygen atoms in total. The summed E-state index contributed by atoms with van der Waals surface area (Å²) < 4.78 is 0. The van der Waals surface area contributed by atoms with E-state index in [9.17, 15) is 4.79 Å². The third-order valence-corrected chi connectivity index (χ3v) is 3.68. The Labute approximate surface area is 128 Å². The first-order valence-electron chi connectivity index (χ1n) is 7.68. The highest BCUT2D eigenvalue weighted by molar-refractivity contribution is 5.92.